The Morgan fingerprint density at radius 2 is 1.92 bits per heavy atom. The maximum atomic E-state index is 13.2. The molecule has 0 unspecified atom stereocenters. The summed E-state index contributed by atoms with van der Waals surface area (Å²) in [7, 11) is 0. The molecule has 4 rings (SSSR count). The number of carbonyl (C=O) groups excluding carboxylic acids is 1. The van der Waals surface area contributed by atoms with Crippen molar-refractivity contribution in [2.45, 2.75) is 18.0 Å². The third kappa shape index (κ3) is 3.34. The van der Waals surface area contributed by atoms with E-state index in [0.717, 1.165) is 25.9 Å². The van der Waals surface area contributed by atoms with Gasteiger partial charge >= 0.3 is 0 Å². The van der Waals surface area contributed by atoms with Gasteiger partial charge in [-0.3, -0.25) is 14.7 Å². The van der Waals surface area contributed by atoms with Crippen LogP contribution in [0.4, 0.5) is 4.39 Å². The highest BCUT2D eigenvalue weighted by Gasteiger charge is 2.19. The molecule has 1 fully saturated rings. The van der Waals surface area contributed by atoms with Gasteiger partial charge in [0.25, 0.3) is 5.56 Å². The quantitative estimate of drug-likeness (QED) is 0.707. The fourth-order valence-corrected chi connectivity index (χ4v) is 3.75. The number of aromatic nitrogens is 4. The maximum absolute atomic E-state index is 13.2. The Hall–Kier alpha value is -2.68. The molecule has 1 saturated heterocycles. The minimum atomic E-state index is -0.349. The monoisotopic (exact) mass is 373 g/mol. The lowest BCUT2D eigenvalue weighted by Gasteiger charge is -2.14. The summed E-state index contributed by atoms with van der Waals surface area (Å²) in [5.41, 5.74) is 0.735. The molecular formula is C17H16FN5O2S. The number of carbonyl (C=O) groups is 1. The first-order valence-corrected chi connectivity index (χ1v) is 9.25. The number of fused-ring (bicyclic) bond motifs is 1. The van der Waals surface area contributed by atoms with Gasteiger partial charge in [0.15, 0.2) is 16.6 Å². The summed E-state index contributed by atoms with van der Waals surface area (Å²) in [6.07, 6.45) is 2.07. The first-order chi connectivity index (χ1) is 12.6. The van der Waals surface area contributed by atoms with Crippen molar-refractivity contribution in [1.82, 2.24) is 24.5 Å². The molecule has 0 radical (unpaired) electrons. The second kappa shape index (κ2) is 6.91. The highest BCUT2D eigenvalue weighted by atomic mass is 32.2. The van der Waals surface area contributed by atoms with Crippen LogP contribution in [0, 0.1) is 5.82 Å². The van der Waals surface area contributed by atoms with Gasteiger partial charge in [-0.05, 0) is 37.1 Å². The molecule has 9 heteroatoms. The minimum Gasteiger partial charge on any atom is -0.342 e. The van der Waals surface area contributed by atoms with E-state index in [-0.39, 0.29) is 23.0 Å². The molecule has 1 amide bonds. The smallest absolute Gasteiger partial charge is 0.266 e. The zero-order valence-electron chi connectivity index (χ0n) is 13.8. The lowest BCUT2D eigenvalue weighted by molar-refractivity contribution is -0.127. The topological polar surface area (TPSA) is 83.4 Å². The van der Waals surface area contributed by atoms with Gasteiger partial charge in [0.05, 0.1) is 5.75 Å². The van der Waals surface area contributed by atoms with E-state index in [9.17, 15) is 14.0 Å². The molecule has 0 spiro atoms. The Morgan fingerprint density at radius 3 is 2.65 bits per heavy atom. The first-order valence-electron chi connectivity index (χ1n) is 8.26. The number of thioether (sulfide) groups is 1. The predicted molar refractivity (Wildman–Crippen MR) is 95.5 cm³/mol. The zero-order valence-corrected chi connectivity index (χ0v) is 14.6. The maximum Gasteiger partial charge on any atom is 0.266 e. The molecule has 0 aliphatic carbocycles. The van der Waals surface area contributed by atoms with E-state index >= 15 is 0 Å². The van der Waals surface area contributed by atoms with Crippen molar-refractivity contribution in [2.24, 2.45) is 0 Å². The van der Waals surface area contributed by atoms with Gasteiger partial charge in [0.2, 0.25) is 5.91 Å². The van der Waals surface area contributed by atoms with Crippen molar-refractivity contribution in [3.8, 4) is 11.4 Å². The molecule has 1 aliphatic rings. The molecule has 1 aromatic carbocycles. The number of hydrogen-bond donors (Lipinski definition) is 1. The summed E-state index contributed by atoms with van der Waals surface area (Å²) in [4.78, 5) is 34.6. The normalized spacial score (nSPS) is 14.3. The van der Waals surface area contributed by atoms with Crippen molar-refractivity contribution in [3.05, 3.63) is 46.5 Å². The van der Waals surface area contributed by atoms with Crippen LogP contribution in [0.2, 0.25) is 0 Å². The molecule has 3 aromatic rings. The molecular weight excluding hydrogens is 357 g/mol. The van der Waals surface area contributed by atoms with Crippen LogP contribution >= 0.6 is 11.8 Å². The second-order valence-corrected chi connectivity index (χ2v) is 6.97. The van der Waals surface area contributed by atoms with E-state index in [1.807, 2.05) is 4.90 Å². The van der Waals surface area contributed by atoms with Gasteiger partial charge in [-0.25, -0.2) is 18.9 Å². The average Bonchev–Trinajstić information content (AvgIpc) is 3.28. The molecule has 0 saturated carbocycles. The van der Waals surface area contributed by atoms with E-state index in [2.05, 4.69) is 15.1 Å². The first kappa shape index (κ1) is 16.8. The van der Waals surface area contributed by atoms with E-state index in [0.29, 0.717) is 22.2 Å². The van der Waals surface area contributed by atoms with Gasteiger partial charge < -0.3 is 4.90 Å². The minimum absolute atomic E-state index is 0.0529. The van der Waals surface area contributed by atoms with Crippen LogP contribution in [0.1, 0.15) is 12.8 Å². The van der Waals surface area contributed by atoms with Crippen molar-refractivity contribution < 1.29 is 9.18 Å². The van der Waals surface area contributed by atoms with E-state index in [4.69, 9.17) is 0 Å². The Balaban J connectivity index is 1.66. The number of benzene rings is 1. The van der Waals surface area contributed by atoms with Gasteiger partial charge in [-0.1, -0.05) is 11.8 Å². The number of amides is 1. The van der Waals surface area contributed by atoms with Crippen molar-refractivity contribution in [2.75, 3.05) is 18.8 Å². The van der Waals surface area contributed by atoms with Gasteiger partial charge in [-0.15, -0.1) is 0 Å². The molecule has 2 aromatic heterocycles. The fourth-order valence-electron chi connectivity index (χ4n) is 2.89. The van der Waals surface area contributed by atoms with E-state index in [1.54, 1.807) is 12.1 Å². The Labute approximate surface area is 152 Å². The summed E-state index contributed by atoms with van der Waals surface area (Å²) in [6, 6.07) is 7.18. The number of likely N-dealkylation sites (tertiary alicyclic amines) is 1. The van der Waals surface area contributed by atoms with Crippen molar-refractivity contribution >= 4 is 23.3 Å². The summed E-state index contributed by atoms with van der Waals surface area (Å²) in [5.74, 6) is 0.311. The largest absolute Gasteiger partial charge is 0.342 e. The highest BCUT2D eigenvalue weighted by Crippen LogP contribution is 2.22. The van der Waals surface area contributed by atoms with Gasteiger partial charge in [0, 0.05) is 24.7 Å². The Morgan fingerprint density at radius 1 is 1.19 bits per heavy atom. The molecule has 26 heavy (non-hydrogen) atoms. The number of aromatic amines is 1. The molecule has 7 nitrogen and oxygen atoms in total. The molecule has 1 N–H and O–H groups in total. The summed E-state index contributed by atoms with van der Waals surface area (Å²) in [6.45, 7) is 1.58. The number of nitrogens with zero attached hydrogens (tertiary/aromatic N) is 4. The van der Waals surface area contributed by atoms with Crippen LogP contribution in [0.5, 0.6) is 0 Å². The van der Waals surface area contributed by atoms with Crippen LogP contribution in [0.25, 0.3) is 17.0 Å². The van der Waals surface area contributed by atoms with Crippen LogP contribution < -0.4 is 5.56 Å². The van der Waals surface area contributed by atoms with Gasteiger partial charge in [0.1, 0.15) is 5.82 Å². The number of halogens is 1. The third-order valence-corrected chi connectivity index (χ3v) is 5.13. The van der Waals surface area contributed by atoms with Crippen LogP contribution in [-0.2, 0) is 4.79 Å². The van der Waals surface area contributed by atoms with Crippen LogP contribution in [0.15, 0.2) is 40.3 Å². The number of hydrogen-bond acceptors (Lipinski definition) is 5. The number of rotatable bonds is 4. The van der Waals surface area contributed by atoms with Crippen molar-refractivity contribution in [3.63, 3.8) is 0 Å². The lowest BCUT2D eigenvalue weighted by Crippen LogP contribution is -2.29. The molecule has 0 bridgehead atoms. The summed E-state index contributed by atoms with van der Waals surface area (Å²) in [5, 5.41) is 3.10. The Kier molecular flexibility index (Phi) is 4.46. The highest BCUT2D eigenvalue weighted by molar-refractivity contribution is 7.99. The van der Waals surface area contributed by atoms with Gasteiger partial charge in [-0.2, -0.15) is 0 Å². The predicted octanol–water partition coefficient (Wildman–Crippen LogP) is 1.94. The third-order valence-electron chi connectivity index (χ3n) is 4.21. The zero-order chi connectivity index (χ0) is 18.1. The SMILES string of the molecule is O=C(CSc1nc(-c2ccc(F)cc2)nc2cc(=O)[nH]n12)N1CCCC1. The van der Waals surface area contributed by atoms with E-state index in [1.165, 1.54) is 34.5 Å². The molecule has 134 valence electrons. The number of H-pyrrole nitrogens is 1. The van der Waals surface area contributed by atoms with Crippen molar-refractivity contribution in [1.29, 1.82) is 0 Å². The van der Waals surface area contributed by atoms with E-state index < -0.39 is 0 Å². The summed E-state index contributed by atoms with van der Waals surface area (Å²) >= 11 is 1.25. The summed E-state index contributed by atoms with van der Waals surface area (Å²) < 4.78 is 14.6. The molecule has 0 atom stereocenters. The molecule has 3 heterocycles. The second-order valence-electron chi connectivity index (χ2n) is 6.03. The standard InChI is InChI=1S/C17H16FN5O2S/c18-12-5-3-11(4-6-12)16-19-13-9-14(24)21-23(13)17(20-16)26-10-15(25)22-7-1-2-8-22/h3-6,9H,1-2,7-8,10H2,(H,21,24). The Bertz CT molecular complexity index is 1010. The number of nitrogens with one attached hydrogen (secondary N) is 1. The average molecular weight is 373 g/mol. The fraction of sp³-hybridized carbons (Fsp3) is 0.294. The molecule has 1 aliphatic heterocycles. The van der Waals surface area contributed by atoms with Crippen LogP contribution in [0.3, 0.4) is 0 Å². The van der Waals surface area contributed by atoms with Crippen LogP contribution in [-0.4, -0.2) is 49.2 Å². The lowest BCUT2D eigenvalue weighted by atomic mass is 10.2.